The lowest BCUT2D eigenvalue weighted by atomic mass is 10.2. The van der Waals surface area contributed by atoms with Crippen LogP contribution in [0.5, 0.6) is 11.5 Å². The molecule has 4 nitrogen and oxygen atoms in total. The minimum Gasteiger partial charge on any atom is -0.493 e. The first-order valence-electron chi connectivity index (χ1n) is 5.89. The van der Waals surface area contributed by atoms with Crippen molar-refractivity contribution in [3.63, 3.8) is 0 Å². The smallest absolute Gasteiger partial charge is 0.188 e. The van der Waals surface area contributed by atoms with Crippen molar-refractivity contribution in [2.45, 2.75) is 26.2 Å². The number of rotatable bonds is 5. The molecule has 0 fully saturated rings. The first kappa shape index (κ1) is 11.8. The van der Waals surface area contributed by atoms with Gasteiger partial charge in [-0.25, -0.2) is 4.98 Å². The first-order valence-corrected chi connectivity index (χ1v) is 5.89. The minimum atomic E-state index is 0.698. The van der Waals surface area contributed by atoms with Crippen LogP contribution in [0.1, 0.15) is 25.6 Å². The number of imidazole rings is 1. The van der Waals surface area contributed by atoms with Crippen LogP contribution in [-0.2, 0) is 6.42 Å². The molecule has 1 heterocycles. The second kappa shape index (κ2) is 5.08. The molecule has 0 unspecified atom stereocenters. The fraction of sp³-hybridized carbons (Fsp3) is 0.462. The van der Waals surface area contributed by atoms with Crippen molar-refractivity contribution in [3.8, 4) is 11.5 Å². The molecule has 2 rings (SSSR count). The molecule has 0 saturated carbocycles. The lowest BCUT2D eigenvalue weighted by Gasteiger charge is -2.06. The molecule has 92 valence electrons. The van der Waals surface area contributed by atoms with Gasteiger partial charge in [0.1, 0.15) is 11.3 Å². The monoisotopic (exact) mass is 234 g/mol. The summed E-state index contributed by atoms with van der Waals surface area (Å²) in [6, 6.07) is 3.86. The van der Waals surface area contributed by atoms with E-state index < -0.39 is 0 Å². The maximum atomic E-state index is 5.36. The Balaban J connectivity index is 2.45. The zero-order valence-electron chi connectivity index (χ0n) is 10.5. The van der Waals surface area contributed by atoms with E-state index in [9.17, 15) is 0 Å². The molecule has 0 spiro atoms. The van der Waals surface area contributed by atoms with Gasteiger partial charge in [-0.2, -0.15) is 0 Å². The summed E-state index contributed by atoms with van der Waals surface area (Å²) >= 11 is 0. The predicted molar refractivity (Wildman–Crippen MR) is 67.8 cm³/mol. The summed E-state index contributed by atoms with van der Waals surface area (Å²) in [5.74, 6) is 2.42. The third kappa shape index (κ3) is 2.20. The number of unbranched alkanes of at least 4 members (excludes halogenated alkanes) is 1. The Hall–Kier alpha value is -1.71. The maximum Gasteiger partial charge on any atom is 0.188 e. The van der Waals surface area contributed by atoms with E-state index >= 15 is 0 Å². The van der Waals surface area contributed by atoms with E-state index in [1.54, 1.807) is 14.2 Å². The Kier molecular flexibility index (Phi) is 3.52. The summed E-state index contributed by atoms with van der Waals surface area (Å²) in [5, 5.41) is 0. The fourth-order valence-corrected chi connectivity index (χ4v) is 1.90. The molecule has 17 heavy (non-hydrogen) atoms. The molecule has 0 amide bonds. The Morgan fingerprint density at radius 1 is 1.24 bits per heavy atom. The van der Waals surface area contributed by atoms with Crippen LogP contribution in [0.25, 0.3) is 11.0 Å². The van der Waals surface area contributed by atoms with Crippen LogP contribution >= 0.6 is 0 Å². The number of benzene rings is 1. The summed E-state index contributed by atoms with van der Waals surface area (Å²) in [4.78, 5) is 7.88. The normalized spacial score (nSPS) is 10.8. The average molecular weight is 234 g/mol. The van der Waals surface area contributed by atoms with Gasteiger partial charge < -0.3 is 14.5 Å². The van der Waals surface area contributed by atoms with E-state index in [1.165, 1.54) is 0 Å². The molecule has 0 aliphatic rings. The molecule has 2 aromatic rings. The van der Waals surface area contributed by atoms with Crippen LogP contribution in [0.3, 0.4) is 0 Å². The molecule has 0 atom stereocenters. The maximum absolute atomic E-state index is 5.36. The Bertz CT molecular complexity index is 505. The van der Waals surface area contributed by atoms with Gasteiger partial charge in [0.05, 0.1) is 19.7 Å². The van der Waals surface area contributed by atoms with Gasteiger partial charge in [0, 0.05) is 6.42 Å². The molecular weight excluding hydrogens is 216 g/mol. The third-order valence-electron chi connectivity index (χ3n) is 2.81. The Labute approximate surface area is 101 Å². The number of ether oxygens (including phenoxy) is 2. The summed E-state index contributed by atoms with van der Waals surface area (Å²) in [5.41, 5.74) is 1.84. The highest BCUT2D eigenvalue weighted by Crippen LogP contribution is 2.33. The zero-order valence-corrected chi connectivity index (χ0v) is 10.5. The second-order valence-electron chi connectivity index (χ2n) is 3.98. The zero-order chi connectivity index (χ0) is 12.3. The van der Waals surface area contributed by atoms with Gasteiger partial charge >= 0.3 is 0 Å². The molecule has 0 saturated heterocycles. The summed E-state index contributed by atoms with van der Waals surface area (Å²) in [6.45, 7) is 2.17. The number of nitrogens with zero attached hydrogens (tertiary/aromatic N) is 1. The van der Waals surface area contributed by atoms with Crippen LogP contribution in [0.2, 0.25) is 0 Å². The van der Waals surface area contributed by atoms with Gasteiger partial charge in [0.15, 0.2) is 11.5 Å². The highest BCUT2D eigenvalue weighted by atomic mass is 16.5. The number of aromatic nitrogens is 2. The Morgan fingerprint density at radius 2 is 2.06 bits per heavy atom. The van der Waals surface area contributed by atoms with Gasteiger partial charge in [-0.1, -0.05) is 13.3 Å². The van der Waals surface area contributed by atoms with E-state index in [4.69, 9.17) is 9.47 Å². The largest absolute Gasteiger partial charge is 0.493 e. The number of hydrogen-bond acceptors (Lipinski definition) is 3. The van der Waals surface area contributed by atoms with Crippen molar-refractivity contribution in [2.75, 3.05) is 14.2 Å². The lowest BCUT2D eigenvalue weighted by molar-refractivity contribution is 0.358. The molecule has 0 aliphatic carbocycles. The number of hydrogen-bond donors (Lipinski definition) is 1. The van der Waals surface area contributed by atoms with Crippen molar-refractivity contribution in [2.24, 2.45) is 0 Å². The van der Waals surface area contributed by atoms with Crippen LogP contribution in [0, 0.1) is 0 Å². The van der Waals surface area contributed by atoms with E-state index in [0.717, 1.165) is 36.1 Å². The second-order valence-corrected chi connectivity index (χ2v) is 3.98. The summed E-state index contributed by atoms with van der Waals surface area (Å²) in [6.07, 6.45) is 3.27. The van der Waals surface area contributed by atoms with E-state index in [-0.39, 0.29) is 0 Å². The van der Waals surface area contributed by atoms with Gasteiger partial charge in [-0.3, -0.25) is 0 Å². The highest BCUT2D eigenvalue weighted by molar-refractivity contribution is 5.84. The van der Waals surface area contributed by atoms with Crippen molar-refractivity contribution in [1.29, 1.82) is 0 Å². The number of H-pyrrole nitrogens is 1. The predicted octanol–water partition coefficient (Wildman–Crippen LogP) is 2.92. The standard InChI is InChI=1S/C13H18N2O2/c1-4-5-6-11-14-9-7-8-10(16-2)13(17-3)12(9)15-11/h7-8H,4-6H2,1-3H3,(H,14,15). The van der Waals surface area contributed by atoms with Crippen molar-refractivity contribution in [1.82, 2.24) is 9.97 Å². The third-order valence-corrected chi connectivity index (χ3v) is 2.81. The number of aryl methyl sites for hydroxylation is 1. The number of nitrogens with one attached hydrogen (secondary N) is 1. The summed E-state index contributed by atoms with van der Waals surface area (Å²) in [7, 11) is 3.27. The molecule has 0 radical (unpaired) electrons. The fourth-order valence-electron chi connectivity index (χ4n) is 1.90. The van der Waals surface area contributed by atoms with Crippen LogP contribution in [-0.4, -0.2) is 24.2 Å². The van der Waals surface area contributed by atoms with Crippen molar-refractivity contribution < 1.29 is 9.47 Å². The van der Waals surface area contributed by atoms with Gasteiger partial charge in [-0.15, -0.1) is 0 Å². The molecule has 0 bridgehead atoms. The minimum absolute atomic E-state index is 0.698. The molecule has 1 aromatic heterocycles. The highest BCUT2D eigenvalue weighted by Gasteiger charge is 2.12. The first-order chi connectivity index (χ1) is 8.30. The van der Waals surface area contributed by atoms with E-state index in [0.29, 0.717) is 11.5 Å². The quantitative estimate of drug-likeness (QED) is 0.865. The van der Waals surface area contributed by atoms with E-state index in [2.05, 4.69) is 16.9 Å². The lowest BCUT2D eigenvalue weighted by Crippen LogP contribution is -1.91. The van der Waals surface area contributed by atoms with Crippen LogP contribution in [0.15, 0.2) is 12.1 Å². The Morgan fingerprint density at radius 3 is 2.71 bits per heavy atom. The SMILES string of the molecule is CCCCc1nc2c(OC)c(OC)ccc2[nH]1. The topological polar surface area (TPSA) is 47.1 Å². The number of aromatic amines is 1. The van der Waals surface area contributed by atoms with Crippen LogP contribution in [0.4, 0.5) is 0 Å². The van der Waals surface area contributed by atoms with Crippen molar-refractivity contribution >= 4 is 11.0 Å². The van der Waals surface area contributed by atoms with Gasteiger partial charge in [0.25, 0.3) is 0 Å². The van der Waals surface area contributed by atoms with Crippen LogP contribution < -0.4 is 9.47 Å². The van der Waals surface area contributed by atoms with Crippen molar-refractivity contribution in [3.05, 3.63) is 18.0 Å². The molecule has 1 N–H and O–H groups in total. The average Bonchev–Trinajstić information content (AvgIpc) is 2.77. The van der Waals surface area contributed by atoms with Gasteiger partial charge in [-0.05, 0) is 18.6 Å². The van der Waals surface area contributed by atoms with Gasteiger partial charge in [0.2, 0.25) is 0 Å². The molecule has 0 aliphatic heterocycles. The number of methoxy groups -OCH3 is 2. The molecular formula is C13H18N2O2. The number of fused-ring (bicyclic) bond motifs is 1. The molecule has 1 aromatic carbocycles. The van der Waals surface area contributed by atoms with E-state index in [1.807, 2.05) is 12.1 Å². The molecule has 4 heteroatoms. The summed E-state index contributed by atoms with van der Waals surface area (Å²) < 4.78 is 10.6.